The summed E-state index contributed by atoms with van der Waals surface area (Å²) in [5.41, 5.74) is 2.21. The summed E-state index contributed by atoms with van der Waals surface area (Å²) in [6.45, 7) is 6.46. The molecule has 136 valence electrons. The Morgan fingerprint density at radius 1 is 1.40 bits per heavy atom. The Morgan fingerprint density at radius 3 is 2.60 bits per heavy atom. The van der Waals surface area contributed by atoms with Gasteiger partial charge in [0.25, 0.3) is 0 Å². The number of halogens is 1. The SMILES string of the molecule is CCOC(=O)C1=C(C)N([C@@H](C)COC)C(=S)N[C@@H]1c1ccc(Cl)cc1. The lowest BCUT2D eigenvalue weighted by molar-refractivity contribution is -0.139. The third kappa shape index (κ3) is 4.32. The molecular formula is C18H23ClN2O3S. The van der Waals surface area contributed by atoms with Gasteiger partial charge in [0.05, 0.1) is 30.9 Å². The molecule has 0 saturated heterocycles. The Hall–Kier alpha value is -1.63. The van der Waals surface area contributed by atoms with Crippen molar-refractivity contribution in [2.75, 3.05) is 20.3 Å². The zero-order valence-electron chi connectivity index (χ0n) is 14.8. The number of esters is 1. The number of rotatable bonds is 6. The fraction of sp³-hybridized carbons (Fsp3) is 0.444. The van der Waals surface area contributed by atoms with Gasteiger partial charge in [-0.1, -0.05) is 23.7 Å². The number of ether oxygens (including phenoxy) is 2. The van der Waals surface area contributed by atoms with E-state index in [2.05, 4.69) is 5.32 Å². The zero-order chi connectivity index (χ0) is 18.6. The van der Waals surface area contributed by atoms with E-state index < -0.39 is 0 Å². The summed E-state index contributed by atoms with van der Waals surface area (Å²) in [6.07, 6.45) is 0. The van der Waals surface area contributed by atoms with Crippen LogP contribution >= 0.6 is 23.8 Å². The maximum absolute atomic E-state index is 12.6. The van der Waals surface area contributed by atoms with Gasteiger partial charge in [0, 0.05) is 17.8 Å². The standard InChI is InChI=1S/C18H23ClN2O3S/c1-5-24-17(22)15-12(3)21(11(2)10-23-4)18(25)20-16(15)13-6-8-14(19)9-7-13/h6-9,11,16H,5,10H2,1-4H3,(H,20,25)/t11-,16+/m0/s1. The number of allylic oxidation sites excluding steroid dienone is 1. The first-order chi connectivity index (χ1) is 11.9. The maximum atomic E-state index is 12.6. The van der Waals surface area contributed by atoms with Crippen LogP contribution in [0.3, 0.4) is 0 Å². The molecule has 1 aliphatic rings. The lowest BCUT2D eigenvalue weighted by Crippen LogP contribution is -2.52. The molecule has 0 spiro atoms. The van der Waals surface area contributed by atoms with Crippen molar-refractivity contribution in [1.82, 2.24) is 10.2 Å². The highest BCUT2D eigenvalue weighted by atomic mass is 35.5. The molecule has 0 amide bonds. The van der Waals surface area contributed by atoms with E-state index in [1.165, 1.54) is 0 Å². The van der Waals surface area contributed by atoms with Crippen LogP contribution in [0.5, 0.6) is 0 Å². The van der Waals surface area contributed by atoms with E-state index >= 15 is 0 Å². The minimum absolute atomic E-state index is 0.0133. The highest BCUT2D eigenvalue weighted by molar-refractivity contribution is 7.80. The van der Waals surface area contributed by atoms with Gasteiger partial charge in [-0.15, -0.1) is 0 Å². The minimum atomic E-state index is -0.380. The lowest BCUT2D eigenvalue weighted by Gasteiger charge is -2.40. The van der Waals surface area contributed by atoms with Crippen molar-refractivity contribution in [2.24, 2.45) is 0 Å². The van der Waals surface area contributed by atoms with Gasteiger partial charge in [-0.05, 0) is 50.7 Å². The summed E-state index contributed by atoms with van der Waals surface area (Å²) in [5, 5.41) is 4.45. The van der Waals surface area contributed by atoms with Crippen LogP contribution in [-0.2, 0) is 14.3 Å². The first-order valence-corrected chi connectivity index (χ1v) is 8.91. The van der Waals surface area contributed by atoms with Crippen molar-refractivity contribution in [3.8, 4) is 0 Å². The van der Waals surface area contributed by atoms with Crippen LogP contribution in [0.2, 0.25) is 5.02 Å². The molecule has 1 N–H and O–H groups in total. The molecular weight excluding hydrogens is 360 g/mol. The fourth-order valence-electron chi connectivity index (χ4n) is 2.98. The van der Waals surface area contributed by atoms with Crippen LogP contribution in [0.4, 0.5) is 0 Å². The van der Waals surface area contributed by atoms with Gasteiger partial charge in [-0.25, -0.2) is 4.79 Å². The second kappa shape index (κ2) is 8.65. The predicted octanol–water partition coefficient (Wildman–Crippen LogP) is 3.44. The zero-order valence-corrected chi connectivity index (χ0v) is 16.4. The molecule has 0 unspecified atom stereocenters. The smallest absolute Gasteiger partial charge is 0.338 e. The van der Waals surface area contributed by atoms with Crippen LogP contribution in [-0.4, -0.2) is 42.3 Å². The van der Waals surface area contributed by atoms with Gasteiger partial charge in [0.1, 0.15) is 0 Å². The van der Waals surface area contributed by atoms with Gasteiger partial charge in [-0.3, -0.25) is 0 Å². The van der Waals surface area contributed by atoms with Gasteiger partial charge in [-0.2, -0.15) is 0 Å². The molecule has 1 aromatic carbocycles. The fourth-order valence-corrected chi connectivity index (χ4v) is 3.54. The largest absolute Gasteiger partial charge is 0.463 e. The Kier molecular flexibility index (Phi) is 6.81. The van der Waals surface area contributed by atoms with E-state index in [0.717, 1.165) is 11.3 Å². The molecule has 2 atom stereocenters. The summed E-state index contributed by atoms with van der Waals surface area (Å²) >= 11 is 11.5. The van der Waals surface area contributed by atoms with Crippen LogP contribution in [0.1, 0.15) is 32.4 Å². The monoisotopic (exact) mass is 382 g/mol. The van der Waals surface area contributed by atoms with Crippen LogP contribution in [0.15, 0.2) is 35.5 Å². The second-order valence-electron chi connectivity index (χ2n) is 5.83. The number of hydrogen-bond donors (Lipinski definition) is 1. The van der Waals surface area contributed by atoms with Gasteiger partial charge < -0.3 is 19.7 Å². The normalized spacial score (nSPS) is 18.8. The van der Waals surface area contributed by atoms with Crippen molar-refractivity contribution in [2.45, 2.75) is 32.9 Å². The number of carbonyl (C=O) groups is 1. The van der Waals surface area contributed by atoms with Crippen LogP contribution in [0.25, 0.3) is 0 Å². The van der Waals surface area contributed by atoms with Crippen LogP contribution in [0, 0.1) is 0 Å². The maximum Gasteiger partial charge on any atom is 0.338 e. The van der Waals surface area contributed by atoms with Gasteiger partial charge in [0.2, 0.25) is 0 Å². The highest BCUT2D eigenvalue weighted by Crippen LogP contribution is 2.33. The van der Waals surface area contributed by atoms with E-state index in [4.69, 9.17) is 33.3 Å². The lowest BCUT2D eigenvalue weighted by atomic mass is 9.94. The molecule has 0 radical (unpaired) electrons. The third-order valence-corrected chi connectivity index (χ3v) is 4.64. The number of benzene rings is 1. The average Bonchev–Trinajstić information content (AvgIpc) is 2.55. The molecule has 0 bridgehead atoms. The quantitative estimate of drug-likeness (QED) is 0.600. The molecule has 0 aromatic heterocycles. The van der Waals surface area contributed by atoms with Crippen molar-refractivity contribution >= 4 is 34.9 Å². The molecule has 7 heteroatoms. The Bertz CT molecular complexity index is 675. The molecule has 2 rings (SSSR count). The van der Waals surface area contributed by atoms with Gasteiger partial charge in [0.15, 0.2) is 5.11 Å². The average molecular weight is 383 g/mol. The van der Waals surface area contributed by atoms with E-state index in [1.807, 2.05) is 30.9 Å². The van der Waals surface area contributed by atoms with Crippen LogP contribution < -0.4 is 5.32 Å². The molecule has 0 fully saturated rings. The van der Waals surface area contributed by atoms with E-state index in [0.29, 0.717) is 28.9 Å². The summed E-state index contributed by atoms with van der Waals surface area (Å²) in [5.74, 6) is -0.357. The molecule has 25 heavy (non-hydrogen) atoms. The number of thiocarbonyl (C=S) groups is 1. The molecule has 5 nitrogen and oxygen atoms in total. The highest BCUT2D eigenvalue weighted by Gasteiger charge is 2.36. The Labute approximate surface area is 158 Å². The molecule has 1 heterocycles. The number of nitrogens with one attached hydrogen (secondary N) is 1. The summed E-state index contributed by atoms with van der Waals surface area (Å²) < 4.78 is 10.5. The first-order valence-electron chi connectivity index (χ1n) is 8.12. The first kappa shape index (κ1) is 19.7. The number of nitrogens with zero attached hydrogens (tertiary/aromatic N) is 1. The van der Waals surface area contributed by atoms with Gasteiger partial charge >= 0.3 is 5.97 Å². The van der Waals surface area contributed by atoms with Crippen molar-refractivity contribution in [3.63, 3.8) is 0 Å². The Morgan fingerprint density at radius 2 is 2.04 bits per heavy atom. The molecule has 1 aromatic rings. The van der Waals surface area contributed by atoms with Crippen molar-refractivity contribution < 1.29 is 14.3 Å². The molecule has 1 aliphatic heterocycles. The number of hydrogen-bond acceptors (Lipinski definition) is 4. The third-order valence-electron chi connectivity index (χ3n) is 4.07. The number of carbonyl (C=O) groups excluding carboxylic acids is 1. The van der Waals surface area contributed by atoms with Crippen molar-refractivity contribution in [3.05, 3.63) is 46.1 Å². The Balaban J connectivity index is 2.50. The van der Waals surface area contributed by atoms with E-state index in [-0.39, 0.29) is 18.1 Å². The van der Waals surface area contributed by atoms with Crippen molar-refractivity contribution in [1.29, 1.82) is 0 Å². The summed E-state index contributed by atoms with van der Waals surface area (Å²) in [7, 11) is 1.64. The molecule has 0 saturated carbocycles. The van der Waals surface area contributed by atoms with E-state index in [1.54, 1.807) is 26.2 Å². The second-order valence-corrected chi connectivity index (χ2v) is 6.65. The predicted molar refractivity (Wildman–Crippen MR) is 102 cm³/mol. The topological polar surface area (TPSA) is 50.8 Å². The minimum Gasteiger partial charge on any atom is -0.463 e. The summed E-state index contributed by atoms with van der Waals surface area (Å²) in [4.78, 5) is 14.5. The molecule has 0 aliphatic carbocycles. The number of methoxy groups -OCH3 is 1. The summed E-state index contributed by atoms with van der Waals surface area (Å²) in [6, 6.07) is 6.95. The van der Waals surface area contributed by atoms with E-state index in [9.17, 15) is 4.79 Å².